The molecule has 1 aliphatic rings. The summed E-state index contributed by atoms with van der Waals surface area (Å²) in [5, 5.41) is 5.24. The van der Waals surface area contributed by atoms with Crippen LogP contribution in [0.25, 0.3) is 0 Å². The predicted octanol–water partition coefficient (Wildman–Crippen LogP) is 1.94. The summed E-state index contributed by atoms with van der Waals surface area (Å²) in [5.74, 6) is -3.01. The van der Waals surface area contributed by atoms with E-state index in [1.54, 1.807) is 24.3 Å². The number of carbonyl (C=O) groups excluding carboxylic acids is 3. The number of anilines is 1. The Kier molecular flexibility index (Phi) is 6.06. The number of ether oxygens (including phenoxy) is 1. The molecule has 0 spiro atoms. The molecule has 2 N–H and O–H groups in total. The lowest BCUT2D eigenvalue weighted by Gasteiger charge is -2.34. The number of rotatable bonds is 5. The van der Waals surface area contributed by atoms with E-state index in [-0.39, 0.29) is 25.1 Å². The van der Waals surface area contributed by atoms with E-state index in [1.165, 1.54) is 7.11 Å². The monoisotopic (exact) mass is 403 g/mol. The first kappa shape index (κ1) is 20.2. The number of benzene rings is 2. The average Bonchev–Trinajstić information content (AvgIpc) is 2.69. The molecule has 0 aliphatic carbocycles. The predicted molar refractivity (Wildman–Crippen MR) is 100 cm³/mol. The van der Waals surface area contributed by atoms with Gasteiger partial charge in [-0.1, -0.05) is 0 Å². The van der Waals surface area contributed by atoms with Gasteiger partial charge in [-0.15, -0.1) is 0 Å². The van der Waals surface area contributed by atoms with E-state index in [1.807, 2.05) is 0 Å². The van der Waals surface area contributed by atoms with Crippen molar-refractivity contribution in [2.24, 2.45) is 0 Å². The summed E-state index contributed by atoms with van der Waals surface area (Å²) in [6.07, 6.45) is -0.313. The molecule has 29 heavy (non-hydrogen) atoms. The third kappa shape index (κ3) is 4.68. The number of nitrogens with zero attached hydrogens (tertiary/aromatic N) is 1. The van der Waals surface area contributed by atoms with Gasteiger partial charge in [0.05, 0.1) is 19.1 Å². The molecule has 3 amide bonds. The van der Waals surface area contributed by atoms with Gasteiger partial charge in [-0.25, -0.2) is 8.78 Å². The maximum absolute atomic E-state index is 14.0. The Labute approximate surface area is 165 Å². The van der Waals surface area contributed by atoms with Gasteiger partial charge in [0.25, 0.3) is 5.91 Å². The van der Waals surface area contributed by atoms with Crippen molar-refractivity contribution in [3.63, 3.8) is 0 Å². The second-order valence-electron chi connectivity index (χ2n) is 6.41. The Hall–Kier alpha value is -3.49. The van der Waals surface area contributed by atoms with E-state index in [0.29, 0.717) is 17.5 Å². The maximum Gasteiger partial charge on any atom is 0.257 e. The number of carbonyl (C=O) groups is 3. The lowest BCUT2D eigenvalue weighted by atomic mass is 10.1. The van der Waals surface area contributed by atoms with Crippen molar-refractivity contribution in [3.8, 4) is 5.75 Å². The van der Waals surface area contributed by atoms with E-state index >= 15 is 0 Å². The van der Waals surface area contributed by atoms with Gasteiger partial charge in [-0.05, 0) is 36.4 Å². The van der Waals surface area contributed by atoms with Crippen LogP contribution in [0.4, 0.5) is 14.5 Å². The van der Waals surface area contributed by atoms with Crippen molar-refractivity contribution in [2.75, 3.05) is 25.5 Å². The van der Waals surface area contributed by atoms with Crippen molar-refractivity contribution in [1.82, 2.24) is 10.2 Å². The van der Waals surface area contributed by atoms with Gasteiger partial charge in [0.1, 0.15) is 23.4 Å². The van der Waals surface area contributed by atoms with E-state index in [2.05, 4.69) is 10.6 Å². The maximum atomic E-state index is 14.0. The minimum absolute atomic E-state index is 0.0991. The highest BCUT2D eigenvalue weighted by Gasteiger charge is 2.36. The normalized spacial score (nSPS) is 16.2. The van der Waals surface area contributed by atoms with Crippen LogP contribution in [0.3, 0.4) is 0 Å². The standard InChI is InChI=1S/C20H19F2N3O4/c1-29-14-5-3-13(4-6-14)24-18(26)11-17-19(27)23-8-9-25(17)20(28)15-7-2-12(21)10-16(15)22/h2-7,10,17H,8-9,11H2,1H3,(H,23,27)(H,24,26)/t17-/m0/s1. The first-order valence-electron chi connectivity index (χ1n) is 8.86. The largest absolute Gasteiger partial charge is 0.497 e. The summed E-state index contributed by atoms with van der Waals surface area (Å²) in [6.45, 7) is 0.270. The minimum atomic E-state index is -1.11. The zero-order valence-corrected chi connectivity index (χ0v) is 15.6. The summed E-state index contributed by atoms with van der Waals surface area (Å²) in [4.78, 5) is 38.6. The molecule has 0 saturated carbocycles. The highest BCUT2D eigenvalue weighted by atomic mass is 19.1. The quantitative estimate of drug-likeness (QED) is 0.799. The molecule has 7 nitrogen and oxygen atoms in total. The summed E-state index contributed by atoms with van der Waals surface area (Å²) in [7, 11) is 1.52. The molecule has 2 aromatic carbocycles. The Morgan fingerprint density at radius 2 is 1.93 bits per heavy atom. The topological polar surface area (TPSA) is 87.7 Å². The molecule has 1 atom stereocenters. The van der Waals surface area contributed by atoms with Crippen molar-refractivity contribution in [2.45, 2.75) is 12.5 Å². The second-order valence-corrected chi connectivity index (χ2v) is 6.41. The second kappa shape index (κ2) is 8.68. The zero-order valence-electron chi connectivity index (χ0n) is 15.6. The minimum Gasteiger partial charge on any atom is -0.497 e. The molecular formula is C20H19F2N3O4. The van der Waals surface area contributed by atoms with Crippen LogP contribution >= 0.6 is 0 Å². The smallest absolute Gasteiger partial charge is 0.257 e. The summed E-state index contributed by atoms with van der Waals surface area (Å²) in [5.41, 5.74) is 0.135. The average molecular weight is 403 g/mol. The zero-order chi connectivity index (χ0) is 21.0. The molecule has 152 valence electrons. The van der Waals surface area contributed by atoms with Gasteiger partial charge in [-0.3, -0.25) is 14.4 Å². The summed E-state index contributed by atoms with van der Waals surface area (Å²) in [6, 6.07) is 8.07. The molecule has 0 aromatic heterocycles. The van der Waals surface area contributed by atoms with Gasteiger partial charge >= 0.3 is 0 Å². The summed E-state index contributed by atoms with van der Waals surface area (Å²) < 4.78 is 32.2. The number of hydrogen-bond donors (Lipinski definition) is 2. The third-order valence-electron chi connectivity index (χ3n) is 4.51. The Bertz CT molecular complexity index is 934. The van der Waals surface area contributed by atoms with Gasteiger partial charge in [0.15, 0.2) is 0 Å². The Morgan fingerprint density at radius 1 is 1.21 bits per heavy atom. The fraction of sp³-hybridized carbons (Fsp3) is 0.250. The number of amides is 3. The molecule has 3 rings (SSSR count). The van der Waals surface area contributed by atoms with E-state index in [9.17, 15) is 23.2 Å². The van der Waals surface area contributed by atoms with Crippen LogP contribution in [0.2, 0.25) is 0 Å². The van der Waals surface area contributed by atoms with E-state index in [0.717, 1.165) is 17.0 Å². The third-order valence-corrected chi connectivity index (χ3v) is 4.51. The Balaban J connectivity index is 1.74. The van der Waals surface area contributed by atoms with Crippen LogP contribution in [0.15, 0.2) is 42.5 Å². The van der Waals surface area contributed by atoms with Crippen LogP contribution in [0.1, 0.15) is 16.8 Å². The molecule has 0 bridgehead atoms. The van der Waals surface area contributed by atoms with Crippen LogP contribution in [-0.2, 0) is 9.59 Å². The molecule has 0 unspecified atom stereocenters. The Morgan fingerprint density at radius 3 is 2.59 bits per heavy atom. The molecule has 1 fully saturated rings. The SMILES string of the molecule is COc1ccc(NC(=O)C[C@H]2C(=O)NCCN2C(=O)c2ccc(F)cc2F)cc1. The van der Waals surface area contributed by atoms with Gasteiger partial charge in [0.2, 0.25) is 11.8 Å². The fourth-order valence-electron chi connectivity index (χ4n) is 3.04. The van der Waals surface area contributed by atoms with Crippen molar-refractivity contribution in [1.29, 1.82) is 0 Å². The molecule has 1 saturated heterocycles. The van der Waals surface area contributed by atoms with E-state index < -0.39 is 35.4 Å². The molecule has 1 aliphatic heterocycles. The number of nitrogens with one attached hydrogen (secondary N) is 2. The first-order valence-corrected chi connectivity index (χ1v) is 8.86. The number of methoxy groups -OCH3 is 1. The molecular weight excluding hydrogens is 384 g/mol. The van der Waals surface area contributed by atoms with Gasteiger partial charge in [-0.2, -0.15) is 0 Å². The number of hydrogen-bond acceptors (Lipinski definition) is 4. The van der Waals surface area contributed by atoms with E-state index in [4.69, 9.17) is 4.74 Å². The van der Waals surface area contributed by atoms with Crippen LogP contribution in [0.5, 0.6) is 5.75 Å². The van der Waals surface area contributed by atoms with Gasteiger partial charge < -0.3 is 20.3 Å². The number of halogens is 2. The lowest BCUT2D eigenvalue weighted by Crippen LogP contribution is -2.58. The molecule has 1 heterocycles. The highest BCUT2D eigenvalue weighted by molar-refractivity contribution is 6.01. The van der Waals surface area contributed by atoms with Crippen molar-refractivity contribution < 1.29 is 27.9 Å². The first-order chi connectivity index (χ1) is 13.9. The van der Waals surface area contributed by atoms with Crippen molar-refractivity contribution >= 4 is 23.4 Å². The van der Waals surface area contributed by atoms with Crippen molar-refractivity contribution in [3.05, 3.63) is 59.7 Å². The molecule has 0 radical (unpaired) electrons. The van der Waals surface area contributed by atoms with Gasteiger partial charge in [0, 0.05) is 24.8 Å². The number of piperazine rings is 1. The van der Waals surface area contributed by atoms with Crippen LogP contribution < -0.4 is 15.4 Å². The molecule has 2 aromatic rings. The summed E-state index contributed by atoms with van der Waals surface area (Å²) >= 11 is 0. The highest BCUT2D eigenvalue weighted by Crippen LogP contribution is 2.19. The molecule has 9 heteroatoms. The fourth-order valence-corrected chi connectivity index (χ4v) is 3.04. The van der Waals surface area contributed by atoms with Crippen LogP contribution in [-0.4, -0.2) is 48.9 Å². The lowest BCUT2D eigenvalue weighted by molar-refractivity contribution is -0.131. The van der Waals surface area contributed by atoms with Crippen LogP contribution in [0, 0.1) is 11.6 Å².